The van der Waals surface area contributed by atoms with Gasteiger partial charge >= 0.3 is 0 Å². The van der Waals surface area contributed by atoms with Crippen LogP contribution in [0.1, 0.15) is 28.1 Å². The third-order valence-corrected chi connectivity index (χ3v) is 7.92. The number of ether oxygens (including phenoxy) is 1. The Hall–Kier alpha value is -1.74. The molecule has 0 unspecified atom stereocenters. The van der Waals surface area contributed by atoms with Crippen molar-refractivity contribution < 1.29 is 17.9 Å². The van der Waals surface area contributed by atoms with Crippen LogP contribution in [0, 0.1) is 0 Å². The lowest BCUT2D eigenvalue weighted by Crippen LogP contribution is -2.44. The van der Waals surface area contributed by atoms with E-state index in [1.165, 1.54) is 31.1 Å². The molecule has 6 nitrogen and oxygen atoms in total. The second-order valence-corrected chi connectivity index (χ2v) is 9.96. The van der Waals surface area contributed by atoms with Crippen LogP contribution >= 0.6 is 11.3 Å². The summed E-state index contributed by atoms with van der Waals surface area (Å²) in [6.07, 6.45) is 1.74. The van der Waals surface area contributed by atoms with Crippen LogP contribution in [-0.2, 0) is 20.2 Å². The van der Waals surface area contributed by atoms with Crippen molar-refractivity contribution in [3.8, 4) is 0 Å². The summed E-state index contributed by atoms with van der Waals surface area (Å²) < 4.78 is 30.9. The highest BCUT2D eigenvalue weighted by molar-refractivity contribution is 7.89. The summed E-state index contributed by atoms with van der Waals surface area (Å²) in [6.45, 7) is 1.91. The van der Waals surface area contributed by atoms with Crippen molar-refractivity contribution in [3.05, 3.63) is 52.2 Å². The Morgan fingerprint density at radius 3 is 2.41 bits per heavy atom. The van der Waals surface area contributed by atoms with E-state index in [4.69, 9.17) is 4.74 Å². The van der Waals surface area contributed by atoms with Crippen molar-refractivity contribution in [2.24, 2.45) is 0 Å². The van der Waals surface area contributed by atoms with Crippen molar-refractivity contribution in [3.63, 3.8) is 0 Å². The SMILES string of the molecule is CN(C)S(=O)(=O)c1ccc(C(=O)NCC2(c3cccs3)CCOCC2)cc1. The van der Waals surface area contributed by atoms with E-state index in [0.717, 1.165) is 17.1 Å². The van der Waals surface area contributed by atoms with E-state index < -0.39 is 10.0 Å². The van der Waals surface area contributed by atoms with Gasteiger partial charge in [0.25, 0.3) is 5.91 Å². The van der Waals surface area contributed by atoms with Crippen molar-refractivity contribution in [2.75, 3.05) is 33.9 Å². The first kappa shape index (κ1) is 20.0. The molecule has 3 rings (SSSR count). The Morgan fingerprint density at radius 1 is 1.19 bits per heavy atom. The molecule has 0 aliphatic carbocycles. The number of carbonyl (C=O) groups is 1. The Labute approximate surface area is 164 Å². The molecule has 0 bridgehead atoms. The Kier molecular flexibility index (Phi) is 6.00. The molecule has 0 atom stereocenters. The Morgan fingerprint density at radius 2 is 1.85 bits per heavy atom. The first-order chi connectivity index (χ1) is 12.8. The summed E-state index contributed by atoms with van der Waals surface area (Å²) in [5.74, 6) is -0.203. The molecule has 2 heterocycles. The molecule has 1 aromatic carbocycles. The van der Waals surface area contributed by atoms with E-state index in [2.05, 4.69) is 16.8 Å². The molecular formula is C19H24N2O4S2. The number of sulfonamides is 1. The largest absolute Gasteiger partial charge is 0.381 e. The molecule has 1 aliphatic rings. The molecule has 1 aliphatic heterocycles. The number of nitrogens with zero attached hydrogens (tertiary/aromatic N) is 1. The highest BCUT2D eigenvalue weighted by atomic mass is 32.2. The fraction of sp³-hybridized carbons (Fsp3) is 0.421. The standard InChI is InChI=1S/C19H24N2O4S2/c1-21(2)27(23,24)16-7-5-15(6-8-16)18(22)20-14-19(9-11-25-12-10-19)17-4-3-13-26-17/h3-8,13H,9-12,14H2,1-2H3,(H,20,22). The average molecular weight is 409 g/mol. The minimum Gasteiger partial charge on any atom is -0.381 e. The van der Waals surface area contributed by atoms with Gasteiger partial charge in [-0.1, -0.05) is 6.07 Å². The fourth-order valence-electron chi connectivity index (χ4n) is 3.19. The number of amides is 1. The maximum absolute atomic E-state index is 12.6. The molecule has 8 heteroatoms. The molecule has 0 saturated carbocycles. The summed E-state index contributed by atoms with van der Waals surface area (Å²) in [7, 11) is -0.539. The number of hydrogen-bond acceptors (Lipinski definition) is 5. The number of rotatable bonds is 6. The predicted octanol–water partition coefficient (Wildman–Crippen LogP) is 2.48. The molecule has 1 fully saturated rings. The van der Waals surface area contributed by atoms with Gasteiger partial charge in [-0.3, -0.25) is 4.79 Å². The third kappa shape index (κ3) is 4.24. The van der Waals surface area contributed by atoms with Gasteiger partial charge in [-0.2, -0.15) is 0 Å². The molecule has 1 saturated heterocycles. The van der Waals surface area contributed by atoms with Gasteiger partial charge in [-0.05, 0) is 48.6 Å². The van der Waals surface area contributed by atoms with Crippen molar-refractivity contribution in [1.82, 2.24) is 9.62 Å². The van der Waals surface area contributed by atoms with Crippen molar-refractivity contribution in [2.45, 2.75) is 23.2 Å². The van der Waals surface area contributed by atoms with E-state index in [9.17, 15) is 13.2 Å². The molecule has 1 amide bonds. The first-order valence-electron chi connectivity index (χ1n) is 8.78. The smallest absolute Gasteiger partial charge is 0.251 e. The zero-order chi connectivity index (χ0) is 19.5. The first-order valence-corrected chi connectivity index (χ1v) is 11.1. The van der Waals surface area contributed by atoms with E-state index in [-0.39, 0.29) is 16.2 Å². The van der Waals surface area contributed by atoms with E-state index in [1.54, 1.807) is 23.5 Å². The molecule has 1 N–H and O–H groups in total. The van der Waals surface area contributed by atoms with Crippen LogP contribution in [0.25, 0.3) is 0 Å². The second-order valence-electron chi connectivity index (χ2n) is 6.86. The summed E-state index contributed by atoms with van der Waals surface area (Å²) in [5, 5.41) is 5.08. The fourth-order valence-corrected chi connectivity index (χ4v) is 5.08. The number of nitrogens with one attached hydrogen (secondary N) is 1. The molecule has 1 aromatic heterocycles. The van der Waals surface area contributed by atoms with E-state index >= 15 is 0 Å². The van der Waals surface area contributed by atoms with Gasteiger partial charge in [0.1, 0.15) is 0 Å². The minimum absolute atomic E-state index is 0.101. The summed E-state index contributed by atoms with van der Waals surface area (Å²) in [5.41, 5.74) is 0.345. The third-order valence-electron chi connectivity index (χ3n) is 4.98. The monoisotopic (exact) mass is 408 g/mol. The minimum atomic E-state index is -3.50. The molecular weight excluding hydrogens is 384 g/mol. The highest BCUT2D eigenvalue weighted by Gasteiger charge is 2.35. The van der Waals surface area contributed by atoms with Crippen LogP contribution in [0.5, 0.6) is 0 Å². The van der Waals surface area contributed by atoms with Crippen LogP contribution in [0.15, 0.2) is 46.7 Å². The lowest BCUT2D eigenvalue weighted by Gasteiger charge is -2.36. The lowest BCUT2D eigenvalue weighted by atomic mass is 9.78. The topological polar surface area (TPSA) is 75.7 Å². The van der Waals surface area contributed by atoms with Crippen LogP contribution < -0.4 is 5.32 Å². The van der Waals surface area contributed by atoms with Gasteiger partial charge in [0, 0.05) is 49.7 Å². The molecule has 0 radical (unpaired) electrons. The van der Waals surface area contributed by atoms with Gasteiger partial charge in [0.15, 0.2) is 0 Å². The van der Waals surface area contributed by atoms with Gasteiger partial charge in [0.2, 0.25) is 10.0 Å². The molecule has 27 heavy (non-hydrogen) atoms. The Bertz CT molecular complexity index is 869. The highest BCUT2D eigenvalue weighted by Crippen LogP contribution is 2.37. The predicted molar refractivity (Wildman–Crippen MR) is 106 cm³/mol. The lowest BCUT2D eigenvalue weighted by molar-refractivity contribution is 0.0499. The summed E-state index contributed by atoms with van der Waals surface area (Å²) >= 11 is 1.70. The quantitative estimate of drug-likeness (QED) is 0.797. The number of hydrogen-bond donors (Lipinski definition) is 1. The van der Waals surface area contributed by atoms with Crippen LogP contribution in [0.2, 0.25) is 0 Å². The Balaban J connectivity index is 1.71. The maximum atomic E-state index is 12.6. The number of thiophene rings is 1. The molecule has 0 spiro atoms. The van der Waals surface area contributed by atoms with Gasteiger partial charge in [0.05, 0.1) is 4.90 Å². The van der Waals surface area contributed by atoms with Gasteiger partial charge < -0.3 is 10.1 Å². The zero-order valence-electron chi connectivity index (χ0n) is 15.5. The van der Waals surface area contributed by atoms with Crippen molar-refractivity contribution >= 4 is 27.3 Å². The van der Waals surface area contributed by atoms with Crippen LogP contribution in [-0.4, -0.2) is 52.5 Å². The van der Waals surface area contributed by atoms with Crippen LogP contribution in [0.3, 0.4) is 0 Å². The second kappa shape index (κ2) is 8.10. The number of carbonyl (C=O) groups excluding carboxylic acids is 1. The molecule has 2 aromatic rings. The van der Waals surface area contributed by atoms with E-state index in [0.29, 0.717) is 25.3 Å². The average Bonchev–Trinajstić information content (AvgIpc) is 3.22. The molecule has 146 valence electrons. The van der Waals surface area contributed by atoms with Crippen molar-refractivity contribution in [1.29, 1.82) is 0 Å². The van der Waals surface area contributed by atoms with Crippen LogP contribution in [0.4, 0.5) is 0 Å². The summed E-state index contributed by atoms with van der Waals surface area (Å²) in [6, 6.07) is 10.2. The normalized spacial score (nSPS) is 17.0. The zero-order valence-corrected chi connectivity index (χ0v) is 17.1. The van der Waals surface area contributed by atoms with Gasteiger partial charge in [-0.25, -0.2) is 12.7 Å². The van der Waals surface area contributed by atoms with Gasteiger partial charge in [-0.15, -0.1) is 11.3 Å². The summed E-state index contributed by atoms with van der Waals surface area (Å²) in [4.78, 5) is 14.0. The number of benzene rings is 1. The van der Waals surface area contributed by atoms with E-state index in [1.807, 2.05) is 6.07 Å². The maximum Gasteiger partial charge on any atom is 0.251 e.